The highest BCUT2D eigenvalue weighted by Gasteiger charge is 2.49. The molecule has 1 N–H and O–H groups in total. The van der Waals surface area contributed by atoms with E-state index in [0.717, 1.165) is 6.20 Å². The molecule has 1 saturated carbocycles. The predicted molar refractivity (Wildman–Crippen MR) is 57.6 cm³/mol. The van der Waals surface area contributed by atoms with Crippen LogP contribution in [0.15, 0.2) is 18.5 Å². The fourth-order valence-corrected chi connectivity index (χ4v) is 2.69. The first kappa shape index (κ1) is 11.5. The van der Waals surface area contributed by atoms with Gasteiger partial charge in [0.15, 0.2) is 0 Å². The Balaban J connectivity index is 2.03. The van der Waals surface area contributed by atoms with Gasteiger partial charge in [0.25, 0.3) is 0 Å². The van der Waals surface area contributed by atoms with E-state index in [-0.39, 0.29) is 6.54 Å². The fourth-order valence-electron chi connectivity index (χ4n) is 1.35. The third-order valence-corrected chi connectivity index (χ3v) is 5.06. The molecule has 1 aliphatic carbocycles. The van der Waals surface area contributed by atoms with Crippen LogP contribution in [0.1, 0.15) is 25.3 Å². The molecule has 0 atom stereocenters. The number of sulfonamides is 1. The summed E-state index contributed by atoms with van der Waals surface area (Å²) in [6.07, 6.45) is 3.90. The van der Waals surface area contributed by atoms with Gasteiger partial charge in [0.2, 0.25) is 10.0 Å². The molecule has 6 heteroatoms. The number of halogens is 1. The first-order valence-corrected chi connectivity index (χ1v) is 6.50. The van der Waals surface area contributed by atoms with Gasteiger partial charge in [-0.2, -0.15) is 0 Å². The number of hydrogen-bond acceptors (Lipinski definition) is 3. The van der Waals surface area contributed by atoms with E-state index < -0.39 is 20.6 Å². The van der Waals surface area contributed by atoms with Gasteiger partial charge in [0.05, 0.1) is 10.9 Å². The zero-order chi connectivity index (χ0) is 11.8. The highest BCUT2D eigenvalue weighted by Crippen LogP contribution is 2.42. The molecule has 0 aromatic carbocycles. The molecule has 2 rings (SSSR count). The van der Waals surface area contributed by atoms with Gasteiger partial charge in [0, 0.05) is 12.7 Å². The Morgan fingerprint density at radius 2 is 2.19 bits per heavy atom. The lowest BCUT2D eigenvalue weighted by atomic mass is 10.3. The monoisotopic (exact) mass is 244 g/mol. The SMILES string of the molecule is CC1(S(=O)(=O)NCc2cncc(F)c2)CC1. The third-order valence-electron chi connectivity index (χ3n) is 2.83. The minimum atomic E-state index is -3.30. The van der Waals surface area contributed by atoms with E-state index in [2.05, 4.69) is 9.71 Å². The first-order chi connectivity index (χ1) is 7.43. The average molecular weight is 244 g/mol. The van der Waals surface area contributed by atoms with Crippen molar-refractivity contribution in [1.82, 2.24) is 9.71 Å². The lowest BCUT2D eigenvalue weighted by Gasteiger charge is -2.11. The number of nitrogens with one attached hydrogen (secondary N) is 1. The molecule has 0 unspecified atom stereocenters. The van der Waals surface area contributed by atoms with Gasteiger partial charge < -0.3 is 0 Å². The van der Waals surface area contributed by atoms with Gasteiger partial charge in [-0.1, -0.05) is 0 Å². The van der Waals surface area contributed by atoms with Crippen LogP contribution in [0.4, 0.5) is 4.39 Å². The van der Waals surface area contributed by atoms with Crippen molar-refractivity contribution in [3.63, 3.8) is 0 Å². The Morgan fingerprint density at radius 1 is 1.50 bits per heavy atom. The molecule has 1 aromatic heterocycles. The Kier molecular flexibility index (Phi) is 2.71. The summed E-state index contributed by atoms with van der Waals surface area (Å²) in [4.78, 5) is 3.65. The van der Waals surface area contributed by atoms with Crippen LogP contribution in [0.3, 0.4) is 0 Å². The lowest BCUT2D eigenvalue weighted by molar-refractivity contribution is 0.565. The van der Waals surface area contributed by atoms with Gasteiger partial charge in [-0.3, -0.25) is 4.98 Å². The Labute approximate surface area is 93.9 Å². The van der Waals surface area contributed by atoms with E-state index in [4.69, 9.17) is 0 Å². The average Bonchev–Trinajstić information content (AvgIpc) is 2.96. The van der Waals surface area contributed by atoms with Crippen molar-refractivity contribution in [2.24, 2.45) is 0 Å². The van der Waals surface area contributed by atoms with E-state index >= 15 is 0 Å². The number of pyridine rings is 1. The summed E-state index contributed by atoms with van der Waals surface area (Å²) in [5, 5.41) is 0. The molecule has 0 saturated heterocycles. The molecule has 0 aliphatic heterocycles. The number of rotatable bonds is 4. The zero-order valence-corrected chi connectivity index (χ0v) is 9.72. The van der Waals surface area contributed by atoms with Gasteiger partial charge in [-0.15, -0.1) is 0 Å². The first-order valence-electron chi connectivity index (χ1n) is 5.02. The standard InChI is InChI=1S/C10H13FN2O2S/c1-10(2-3-10)16(14,15)13-6-8-4-9(11)7-12-5-8/h4-5,7,13H,2-3,6H2,1H3. The molecule has 0 radical (unpaired) electrons. The van der Waals surface area contributed by atoms with Gasteiger partial charge in [0.1, 0.15) is 5.82 Å². The van der Waals surface area contributed by atoms with Crippen LogP contribution in [-0.4, -0.2) is 18.1 Å². The predicted octanol–water partition coefficient (Wildman–Crippen LogP) is 1.19. The second-order valence-corrected chi connectivity index (χ2v) is 6.57. The maximum Gasteiger partial charge on any atom is 0.217 e. The molecule has 0 amide bonds. The highest BCUT2D eigenvalue weighted by molar-refractivity contribution is 7.91. The van der Waals surface area contributed by atoms with E-state index in [1.807, 2.05) is 0 Å². The van der Waals surface area contributed by atoms with Crippen molar-refractivity contribution in [1.29, 1.82) is 0 Å². The summed E-state index contributed by atoms with van der Waals surface area (Å²) in [6.45, 7) is 1.79. The Bertz CT molecular complexity index is 497. The summed E-state index contributed by atoms with van der Waals surface area (Å²) in [5.74, 6) is -0.464. The fraction of sp³-hybridized carbons (Fsp3) is 0.500. The minimum absolute atomic E-state index is 0.0860. The van der Waals surface area contributed by atoms with Crippen molar-refractivity contribution in [3.05, 3.63) is 29.8 Å². The van der Waals surface area contributed by atoms with Gasteiger partial charge >= 0.3 is 0 Å². The van der Waals surface area contributed by atoms with Crippen LogP contribution in [0.5, 0.6) is 0 Å². The second kappa shape index (κ2) is 3.78. The summed E-state index contributed by atoms with van der Waals surface area (Å²) in [7, 11) is -3.30. The summed E-state index contributed by atoms with van der Waals surface area (Å²) >= 11 is 0. The van der Waals surface area contributed by atoms with E-state index in [0.29, 0.717) is 18.4 Å². The lowest BCUT2D eigenvalue weighted by Crippen LogP contribution is -2.33. The summed E-state index contributed by atoms with van der Waals surface area (Å²) < 4.78 is 38.1. The van der Waals surface area contributed by atoms with Crippen molar-refractivity contribution in [3.8, 4) is 0 Å². The van der Waals surface area contributed by atoms with Crippen LogP contribution in [-0.2, 0) is 16.6 Å². The van der Waals surface area contributed by atoms with Gasteiger partial charge in [-0.25, -0.2) is 17.5 Å². The molecule has 1 aromatic rings. The largest absolute Gasteiger partial charge is 0.261 e. The minimum Gasteiger partial charge on any atom is -0.261 e. The highest BCUT2D eigenvalue weighted by atomic mass is 32.2. The molecular formula is C10H13FN2O2S. The van der Waals surface area contributed by atoms with Crippen LogP contribution < -0.4 is 4.72 Å². The molecule has 1 heterocycles. The molecule has 1 aliphatic rings. The third kappa shape index (κ3) is 2.22. The topological polar surface area (TPSA) is 59.1 Å². The molecular weight excluding hydrogens is 231 g/mol. The maximum absolute atomic E-state index is 12.8. The molecule has 0 bridgehead atoms. The van der Waals surface area contributed by atoms with Crippen molar-refractivity contribution in [2.45, 2.75) is 31.1 Å². The van der Waals surface area contributed by atoms with Crippen molar-refractivity contribution in [2.75, 3.05) is 0 Å². The molecule has 1 fully saturated rings. The normalized spacial score (nSPS) is 18.4. The van der Waals surface area contributed by atoms with E-state index in [1.54, 1.807) is 6.92 Å². The number of nitrogens with zero attached hydrogens (tertiary/aromatic N) is 1. The zero-order valence-electron chi connectivity index (χ0n) is 8.90. The van der Waals surface area contributed by atoms with Crippen molar-refractivity contribution >= 4 is 10.0 Å². The Hall–Kier alpha value is -1.01. The molecule has 16 heavy (non-hydrogen) atoms. The second-order valence-electron chi connectivity index (χ2n) is 4.29. The smallest absolute Gasteiger partial charge is 0.217 e. The van der Waals surface area contributed by atoms with Crippen molar-refractivity contribution < 1.29 is 12.8 Å². The molecule has 88 valence electrons. The van der Waals surface area contributed by atoms with Crippen LogP contribution in [0, 0.1) is 5.82 Å². The molecule has 4 nitrogen and oxygen atoms in total. The van der Waals surface area contributed by atoms with E-state index in [9.17, 15) is 12.8 Å². The summed E-state index contributed by atoms with van der Waals surface area (Å²) in [6, 6.07) is 1.27. The van der Waals surface area contributed by atoms with Gasteiger partial charge in [-0.05, 0) is 31.4 Å². The number of aromatic nitrogens is 1. The Morgan fingerprint density at radius 3 is 2.75 bits per heavy atom. The van der Waals surface area contributed by atoms with E-state index in [1.165, 1.54) is 12.3 Å². The quantitative estimate of drug-likeness (QED) is 0.865. The van der Waals surface area contributed by atoms with Crippen LogP contribution in [0.25, 0.3) is 0 Å². The van der Waals surface area contributed by atoms with Crippen LogP contribution >= 0.6 is 0 Å². The maximum atomic E-state index is 12.8. The molecule has 0 spiro atoms. The van der Waals surface area contributed by atoms with Crippen LogP contribution in [0.2, 0.25) is 0 Å². The number of hydrogen-bond donors (Lipinski definition) is 1. The summed E-state index contributed by atoms with van der Waals surface area (Å²) in [5.41, 5.74) is 0.521.